The molecule has 0 N–H and O–H groups in total. The number of rotatable bonds is 0. The molecule has 0 unspecified atom stereocenters. The maximum atomic E-state index is 2.26. The van der Waals surface area contributed by atoms with Crippen LogP contribution < -0.4 is 29.6 Å². The summed E-state index contributed by atoms with van der Waals surface area (Å²) in [5.41, 5.74) is 0. The van der Waals surface area contributed by atoms with Crippen LogP contribution in [0.3, 0.4) is 0 Å². The molecule has 1 fully saturated rings. The average molecular weight is 106 g/mol. The molecule has 1 rings (SSSR count). The monoisotopic (exact) mass is 106 g/mol. The van der Waals surface area contributed by atoms with Gasteiger partial charge in [-0.05, 0) is 0 Å². The maximum Gasteiger partial charge on any atom is 1.00 e. The fourth-order valence-corrected chi connectivity index (χ4v) is 0.979. The molecule has 0 heterocycles. The summed E-state index contributed by atoms with van der Waals surface area (Å²) in [6.45, 7) is 2.26. The SMILES string of the molecule is C[C-]1CCCC1.[Na+]. The van der Waals surface area contributed by atoms with Crippen molar-refractivity contribution in [3.63, 3.8) is 0 Å². The van der Waals surface area contributed by atoms with E-state index < -0.39 is 0 Å². The van der Waals surface area contributed by atoms with Crippen LogP contribution in [-0.2, 0) is 0 Å². The molecule has 0 bridgehead atoms. The standard InChI is InChI=1S/C6H11.Na/c1-6-4-2-3-5-6;/h2-5H2,1H3;/q-1;+1. The van der Waals surface area contributed by atoms with Gasteiger partial charge in [-0.25, -0.2) is 0 Å². The molecule has 1 aliphatic carbocycles. The zero-order valence-electron chi connectivity index (χ0n) is 5.33. The van der Waals surface area contributed by atoms with E-state index in [1.807, 2.05) is 0 Å². The Kier molecular flexibility index (Phi) is 4.50. The molecule has 0 radical (unpaired) electrons. The molecule has 1 saturated carbocycles. The molecule has 0 amide bonds. The van der Waals surface area contributed by atoms with Gasteiger partial charge in [0.05, 0.1) is 0 Å². The Morgan fingerprint density at radius 3 is 1.71 bits per heavy atom. The van der Waals surface area contributed by atoms with E-state index in [-0.39, 0.29) is 29.6 Å². The smallest absolute Gasteiger partial charge is 0.317 e. The first-order valence-electron chi connectivity index (χ1n) is 2.71. The van der Waals surface area contributed by atoms with E-state index >= 15 is 0 Å². The Morgan fingerprint density at radius 1 is 1.14 bits per heavy atom. The second-order valence-corrected chi connectivity index (χ2v) is 2.16. The van der Waals surface area contributed by atoms with Gasteiger partial charge in [0.1, 0.15) is 0 Å². The molecule has 0 aromatic rings. The Morgan fingerprint density at radius 2 is 1.57 bits per heavy atom. The molecule has 0 nitrogen and oxygen atoms in total. The molecule has 0 saturated heterocycles. The van der Waals surface area contributed by atoms with Crippen molar-refractivity contribution in [3.05, 3.63) is 5.92 Å². The quantitative estimate of drug-likeness (QED) is 0.279. The topological polar surface area (TPSA) is 0 Å². The third-order valence-corrected chi connectivity index (χ3v) is 1.46. The van der Waals surface area contributed by atoms with Crippen molar-refractivity contribution in [2.45, 2.75) is 32.6 Å². The van der Waals surface area contributed by atoms with Crippen LogP contribution in [0, 0.1) is 5.92 Å². The summed E-state index contributed by atoms with van der Waals surface area (Å²) in [5, 5.41) is 0. The van der Waals surface area contributed by atoms with Gasteiger partial charge in [0.2, 0.25) is 0 Å². The van der Waals surface area contributed by atoms with Gasteiger partial charge in [0, 0.05) is 0 Å². The minimum Gasteiger partial charge on any atom is -0.317 e. The van der Waals surface area contributed by atoms with E-state index in [0.29, 0.717) is 0 Å². The van der Waals surface area contributed by atoms with Crippen molar-refractivity contribution in [1.29, 1.82) is 0 Å². The van der Waals surface area contributed by atoms with Crippen LogP contribution in [0.2, 0.25) is 0 Å². The average Bonchev–Trinajstić information content (AvgIpc) is 1.86. The summed E-state index contributed by atoms with van der Waals surface area (Å²) in [5.74, 6) is 1.70. The van der Waals surface area contributed by atoms with Crippen LogP contribution in [0.25, 0.3) is 0 Å². The van der Waals surface area contributed by atoms with Gasteiger partial charge in [0.15, 0.2) is 0 Å². The Bertz CT molecular complexity index is 37.4. The minimum atomic E-state index is 0. The van der Waals surface area contributed by atoms with Crippen LogP contribution in [0.5, 0.6) is 0 Å². The molecule has 0 atom stereocenters. The second-order valence-electron chi connectivity index (χ2n) is 2.16. The molecule has 0 aliphatic heterocycles. The molecule has 7 heavy (non-hydrogen) atoms. The molecule has 0 aromatic heterocycles. The van der Waals surface area contributed by atoms with Crippen molar-refractivity contribution < 1.29 is 29.6 Å². The normalized spacial score (nSPS) is 21.9. The van der Waals surface area contributed by atoms with Gasteiger partial charge in [-0.3, -0.25) is 0 Å². The summed E-state index contributed by atoms with van der Waals surface area (Å²) in [6, 6.07) is 0. The fraction of sp³-hybridized carbons (Fsp3) is 0.833. The van der Waals surface area contributed by atoms with E-state index in [1.54, 1.807) is 5.92 Å². The largest absolute Gasteiger partial charge is 1.00 e. The predicted octanol–water partition coefficient (Wildman–Crippen LogP) is -0.841. The van der Waals surface area contributed by atoms with Gasteiger partial charge >= 0.3 is 29.6 Å². The van der Waals surface area contributed by atoms with E-state index in [0.717, 1.165) is 0 Å². The van der Waals surface area contributed by atoms with Crippen molar-refractivity contribution in [1.82, 2.24) is 0 Å². The van der Waals surface area contributed by atoms with Crippen molar-refractivity contribution in [2.75, 3.05) is 0 Å². The number of hydrogen-bond acceptors (Lipinski definition) is 0. The predicted molar refractivity (Wildman–Crippen MR) is 27.4 cm³/mol. The van der Waals surface area contributed by atoms with Crippen LogP contribution in [0.1, 0.15) is 32.6 Å². The van der Waals surface area contributed by atoms with Gasteiger partial charge in [-0.1, -0.05) is 12.8 Å². The first-order valence-corrected chi connectivity index (χ1v) is 2.71. The molecule has 36 valence electrons. The van der Waals surface area contributed by atoms with E-state index in [2.05, 4.69) is 6.92 Å². The van der Waals surface area contributed by atoms with Crippen LogP contribution in [-0.4, -0.2) is 0 Å². The maximum absolute atomic E-state index is 2.26. The molecular formula is C6H11Na. The Balaban J connectivity index is 0.000000360. The molecule has 0 aromatic carbocycles. The van der Waals surface area contributed by atoms with Crippen molar-refractivity contribution in [3.8, 4) is 0 Å². The molecule has 0 spiro atoms. The fourth-order valence-electron chi connectivity index (χ4n) is 0.979. The van der Waals surface area contributed by atoms with Crippen LogP contribution in [0.4, 0.5) is 0 Å². The third-order valence-electron chi connectivity index (χ3n) is 1.46. The number of hydrogen-bond donors (Lipinski definition) is 0. The zero-order chi connectivity index (χ0) is 4.41. The van der Waals surface area contributed by atoms with E-state index in [9.17, 15) is 0 Å². The summed E-state index contributed by atoms with van der Waals surface area (Å²) in [7, 11) is 0. The van der Waals surface area contributed by atoms with Crippen LogP contribution >= 0.6 is 0 Å². The molecular weight excluding hydrogens is 95.1 g/mol. The Hall–Kier alpha value is 1.00. The van der Waals surface area contributed by atoms with Crippen LogP contribution in [0.15, 0.2) is 0 Å². The van der Waals surface area contributed by atoms with Crippen molar-refractivity contribution in [2.24, 2.45) is 0 Å². The summed E-state index contributed by atoms with van der Waals surface area (Å²) in [6.07, 6.45) is 5.71. The second kappa shape index (κ2) is 3.94. The van der Waals surface area contributed by atoms with Gasteiger partial charge in [-0.2, -0.15) is 19.8 Å². The first kappa shape index (κ1) is 8.00. The molecule has 1 aliphatic rings. The van der Waals surface area contributed by atoms with E-state index in [1.165, 1.54) is 25.7 Å². The van der Waals surface area contributed by atoms with Gasteiger partial charge in [-0.15, -0.1) is 0 Å². The summed E-state index contributed by atoms with van der Waals surface area (Å²) >= 11 is 0. The van der Waals surface area contributed by atoms with E-state index in [4.69, 9.17) is 0 Å². The minimum absolute atomic E-state index is 0. The summed E-state index contributed by atoms with van der Waals surface area (Å²) in [4.78, 5) is 0. The van der Waals surface area contributed by atoms with Gasteiger partial charge < -0.3 is 5.92 Å². The first-order chi connectivity index (χ1) is 2.89. The molecule has 1 heteroatoms. The Labute approximate surface area is 68.0 Å². The zero-order valence-corrected chi connectivity index (χ0v) is 7.33. The summed E-state index contributed by atoms with van der Waals surface area (Å²) < 4.78 is 0. The van der Waals surface area contributed by atoms with Gasteiger partial charge in [0.25, 0.3) is 0 Å². The van der Waals surface area contributed by atoms with Crippen molar-refractivity contribution >= 4 is 0 Å². The third kappa shape index (κ3) is 2.73.